The Labute approximate surface area is 320 Å². The molecule has 0 spiro atoms. The van der Waals surface area contributed by atoms with Crippen LogP contribution in [0, 0.1) is 6.92 Å². The number of rotatable bonds is 6. The van der Waals surface area contributed by atoms with Crippen LogP contribution in [0.3, 0.4) is 0 Å². The van der Waals surface area contributed by atoms with E-state index >= 15 is 0 Å². The van der Waals surface area contributed by atoms with Crippen molar-refractivity contribution in [1.29, 1.82) is 0 Å². The van der Waals surface area contributed by atoms with Gasteiger partial charge in [-0.3, -0.25) is 4.98 Å². The van der Waals surface area contributed by atoms with Gasteiger partial charge in [-0.05, 0) is 47.9 Å². The van der Waals surface area contributed by atoms with Crippen molar-refractivity contribution in [3.05, 3.63) is 180 Å². The quantitative estimate of drug-likeness (QED) is 0.172. The second-order valence-electron chi connectivity index (χ2n) is 15.1. The Morgan fingerprint density at radius 3 is 2.02 bits per heavy atom. The van der Waals surface area contributed by atoms with E-state index < -0.39 is 0 Å². The molecule has 1 unspecified atom stereocenters. The van der Waals surface area contributed by atoms with Crippen molar-refractivity contribution in [1.82, 2.24) is 19.9 Å². The van der Waals surface area contributed by atoms with Crippen LogP contribution < -0.4 is 0 Å². The van der Waals surface area contributed by atoms with Crippen LogP contribution in [-0.2, 0) is 5.41 Å². The van der Waals surface area contributed by atoms with Gasteiger partial charge < -0.3 is 4.42 Å². The van der Waals surface area contributed by atoms with Crippen LogP contribution in [0.25, 0.3) is 78.4 Å². The van der Waals surface area contributed by atoms with E-state index in [0.29, 0.717) is 5.82 Å². The summed E-state index contributed by atoms with van der Waals surface area (Å²) in [6.07, 6.45) is 0. The fourth-order valence-corrected chi connectivity index (χ4v) is 8.42. The van der Waals surface area contributed by atoms with E-state index in [1.165, 1.54) is 22.3 Å². The highest BCUT2D eigenvalue weighted by Crippen LogP contribution is 2.48. The van der Waals surface area contributed by atoms with Gasteiger partial charge in [0.15, 0.2) is 5.82 Å². The van der Waals surface area contributed by atoms with Crippen molar-refractivity contribution in [2.24, 2.45) is 0 Å². The van der Waals surface area contributed by atoms with Gasteiger partial charge in [0.2, 0.25) is 0 Å². The molecule has 1 atom stereocenters. The monoisotopic (exact) mass is 710 g/mol. The standard InChI is InChI=1S/C50H38N4O/c1-30(35-20-11-12-21-36(35)46-31(2)51-48-47(54-46)37-22-13-14-24-40(37)50(48,3)4)34-26-27-43-39(28-34)45-38(23-15-25-44(45)55-43)42-29-41(32-16-7-5-8-17-32)52-49(53-42)33-18-9-6-10-19-33/h5-30H,1-4H3. The summed E-state index contributed by atoms with van der Waals surface area (Å²) in [5.74, 6) is 0.744. The van der Waals surface area contributed by atoms with Crippen molar-refractivity contribution >= 4 is 21.9 Å². The first-order chi connectivity index (χ1) is 26.8. The normalized spacial score (nSPS) is 13.5. The van der Waals surface area contributed by atoms with Crippen molar-refractivity contribution in [2.75, 3.05) is 0 Å². The number of benzene rings is 6. The predicted octanol–water partition coefficient (Wildman–Crippen LogP) is 12.6. The van der Waals surface area contributed by atoms with Crippen LogP contribution in [0.4, 0.5) is 0 Å². The van der Waals surface area contributed by atoms with E-state index in [4.69, 9.17) is 24.4 Å². The summed E-state index contributed by atoms with van der Waals surface area (Å²) < 4.78 is 6.52. The molecule has 1 aliphatic carbocycles. The molecule has 0 saturated heterocycles. The molecule has 0 N–H and O–H groups in total. The average Bonchev–Trinajstić information content (AvgIpc) is 3.72. The molecule has 0 aliphatic heterocycles. The zero-order valence-electron chi connectivity index (χ0n) is 31.2. The van der Waals surface area contributed by atoms with Crippen LogP contribution in [0.5, 0.6) is 0 Å². The number of aromatic nitrogens is 4. The lowest BCUT2D eigenvalue weighted by Crippen LogP contribution is -2.17. The van der Waals surface area contributed by atoms with E-state index in [1.54, 1.807) is 0 Å². The largest absolute Gasteiger partial charge is 0.456 e. The molecule has 0 radical (unpaired) electrons. The molecule has 5 nitrogen and oxygen atoms in total. The van der Waals surface area contributed by atoms with E-state index in [-0.39, 0.29) is 11.3 Å². The molecule has 0 amide bonds. The molecule has 5 heteroatoms. The van der Waals surface area contributed by atoms with Crippen molar-refractivity contribution in [3.8, 4) is 56.4 Å². The summed E-state index contributed by atoms with van der Waals surface area (Å²) in [7, 11) is 0. The number of fused-ring (bicyclic) bond motifs is 6. The lowest BCUT2D eigenvalue weighted by molar-refractivity contribution is 0.632. The predicted molar refractivity (Wildman–Crippen MR) is 223 cm³/mol. The Balaban J connectivity index is 1.11. The van der Waals surface area contributed by atoms with E-state index in [2.05, 4.69) is 131 Å². The molecule has 55 heavy (non-hydrogen) atoms. The third-order valence-corrected chi connectivity index (χ3v) is 11.3. The highest BCUT2D eigenvalue weighted by Gasteiger charge is 2.38. The zero-order valence-corrected chi connectivity index (χ0v) is 31.2. The van der Waals surface area contributed by atoms with Gasteiger partial charge in [-0.1, -0.05) is 148 Å². The van der Waals surface area contributed by atoms with E-state index in [9.17, 15) is 0 Å². The molecule has 6 aromatic carbocycles. The highest BCUT2D eigenvalue weighted by atomic mass is 16.3. The van der Waals surface area contributed by atoms with Crippen molar-refractivity contribution in [3.63, 3.8) is 0 Å². The molecule has 10 rings (SSSR count). The maximum atomic E-state index is 6.52. The molecular weight excluding hydrogens is 673 g/mol. The molecular formula is C50H38N4O. The lowest BCUT2D eigenvalue weighted by Gasteiger charge is -2.21. The van der Waals surface area contributed by atoms with Gasteiger partial charge in [-0.2, -0.15) is 0 Å². The second kappa shape index (κ2) is 12.7. The fraction of sp³-hybridized carbons (Fsp3) is 0.120. The summed E-state index contributed by atoms with van der Waals surface area (Å²) in [4.78, 5) is 20.8. The van der Waals surface area contributed by atoms with Gasteiger partial charge in [0.1, 0.15) is 11.2 Å². The van der Waals surface area contributed by atoms with Gasteiger partial charge in [-0.15, -0.1) is 0 Å². The number of hydrogen-bond donors (Lipinski definition) is 0. The van der Waals surface area contributed by atoms with Gasteiger partial charge >= 0.3 is 0 Å². The number of aryl methyl sites for hydroxylation is 1. The van der Waals surface area contributed by atoms with E-state index in [1.807, 2.05) is 48.5 Å². The lowest BCUT2D eigenvalue weighted by atomic mass is 9.85. The summed E-state index contributed by atoms with van der Waals surface area (Å²) >= 11 is 0. The first kappa shape index (κ1) is 32.9. The minimum Gasteiger partial charge on any atom is -0.456 e. The molecule has 9 aromatic rings. The number of furan rings is 1. The molecule has 0 saturated carbocycles. The summed E-state index contributed by atoms with van der Waals surface area (Å²) in [5, 5.41) is 2.10. The zero-order chi connectivity index (χ0) is 37.3. The van der Waals surface area contributed by atoms with Crippen molar-refractivity contribution < 1.29 is 4.42 Å². The van der Waals surface area contributed by atoms with Crippen LogP contribution in [0.1, 0.15) is 54.8 Å². The molecule has 0 fully saturated rings. The Bertz CT molecular complexity index is 2870. The Morgan fingerprint density at radius 1 is 0.545 bits per heavy atom. The highest BCUT2D eigenvalue weighted by molar-refractivity contribution is 6.12. The summed E-state index contributed by atoms with van der Waals surface area (Å²) in [5.41, 5.74) is 16.0. The van der Waals surface area contributed by atoms with E-state index in [0.717, 1.165) is 78.4 Å². The third-order valence-electron chi connectivity index (χ3n) is 11.3. The van der Waals surface area contributed by atoms with Gasteiger partial charge in [-0.25, -0.2) is 15.0 Å². The molecule has 1 aliphatic rings. The maximum Gasteiger partial charge on any atom is 0.160 e. The smallest absolute Gasteiger partial charge is 0.160 e. The topological polar surface area (TPSA) is 64.7 Å². The average molecular weight is 711 g/mol. The van der Waals surface area contributed by atoms with Gasteiger partial charge in [0.05, 0.1) is 34.2 Å². The number of nitrogens with zero attached hydrogens (tertiary/aromatic N) is 4. The fourth-order valence-electron chi connectivity index (χ4n) is 8.42. The van der Waals surface area contributed by atoms with Crippen LogP contribution >= 0.6 is 0 Å². The van der Waals surface area contributed by atoms with Crippen LogP contribution in [0.2, 0.25) is 0 Å². The molecule has 0 bridgehead atoms. The SMILES string of the molecule is Cc1nc2c(nc1-c1ccccc1C(C)c1ccc3oc4cccc(-c5cc(-c6ccccc6)nc(-c6ccccc6)n5)c4c3c1)-c1ccccc1C2(C)C. The number of hydrogen-bond acceptors (Lipinski definition) is 5. The first-order valence-corrected chi connectivity index (χ1v) is 18.9. The Morgan fingerprint density at radius 2 is 1.22 bits per heavy atom. The second-order valence-corrected chi connectivity index (χ2v) is 15.1. The van der Waals surface area contributed by atoms with Gasteiger partial charge in [0.25, 0.3) is 0 Å². The van der Waals surface area contributed by atoms with Gasteiger partial charge in [0, 0.05) is 49.9 Å². The Kier molecular flexibility index (Phi) is 7.60. The first-order valence-electron chi connectivity index (χ1n) is 18.9. The minimum absolute atomic E-state index is 0.0595. The minimum atomic E-state index is -0.200. The van der Waals surface area contributed by atoms with Crippen molar-refractivity contribution in [2.45, 2.75) is 39.0 Å². The summed E-state index contributed by atoms with van der Waals surface area (Å²) in [6.45, 7) is 8.86. The molecule has 3 aromatic heterocycles. The Hall–Kier alpha value is -6.72. The molecule has 3 heterocycles. The summed E-state index contributed by atoms with van der Waals surface area (Å²) in [6, 6.07) is 52.6. The molecule has 264 valence electrons. The third kappa shape index (κ3) is 5.38. The maximum absolute atomic E-state index is 6.52. The van der Waals surface area contributed by atoms with Crippen LogP contribution in [-0.4, -0.2) is 19.9 Å². The van der Waals surface area contributed by atoms with Crippen LogP contribution in [0.15, 0.2) is 156 Å².